The monoisotopic (exact) mass is 476 g/mol. The third kappa shape index (κ3) is 6.20. The topological polar surface area (TPSA) is 68.2 Å². The number of piperidine rings is 1. The Morgan fingerprint density at radius 2 is 1.25 bits per heavy atom. The molecule has 2 heterocycles. The van der Waals surface area contributed by atoms with Gasteiger partial charge in [0.2, 0.25) is 0 Å². The molecular weight excluding hydrogens is 440 g/mol. The first-order valence-corrected chi connectivity index (χ1v) is 13.0. The number of nitrogens with two attached hydrogens (primary N) is 2. The molecule has 0 saturated carbocycles. The van der Waals surface area contributed by atoms with Crippen molar-refractivity contribution in [1.29, 1.82) is 0 Å². The van der Waals surface area contributed by atoms with Crippen molar-refractivity contribution in [2.45, 2.75) is 50.2 Å². The highest BCUT2D eigenvalue weighted by molar-refractivity contribution is 5.61. The van der Waals surface area contributed by atoms with Gasteiger partial charge < -0.3 is 11.5 Å². The summed E-state index contributed by atoms with van der Waals surface area (Å²) >= 11 is 0. The Balaban J connectivity index is 1.33. The maximum absolute atomic E-state index is 6.63. The van der Waals surface area contributed by atoms with E-state index in [1.165, 1.54) is 16.7 Å². The molecule has 36 heavy (non-hydrogen) atoms. The molecule has 1 aromatic heterocycles. The van der Waals surface area contributed by atoms with E-state index in [9.17, 15) is 0 Å². The highest BCUT2D eigenvalue weighted by atomic mass is 15.2. The molecule has 4 nitrogen and oxygen atoms in total. The van der Waals surface area contributed by atoms with Gasteiger partial charge in [0, 0.05) is 30.2 Å². The van der Waals surface area contributed by atoms with Gasteiger partial charge in [-0.3, -0.25) is 4.90 Å². The van der Waals surface area contributed by atoms with Crippen LogP contribution in [0, 0.1) is 0 Å². The van der Waals surface area contributed by atoms with Crippen LogP contribution in [0.2, 0.25) is 0 Å². The Kier molecular flexibility index (Phi) is 7.75. The molecule has 1 aliphatic heterocycles. The van der Waals surface area contributed by atoms with Gasteiger partial charge in [-0.1, -0.05) is 91.0 Å². The number of anilines is 1. The van der Waals surface area contributed by atoms with Gasteiger partial charge in [0.05, 0.1) is 5.69 Å². The van der Waals surface area contributed by atoms with Crippen LogP contribution in [0.1, 0.15) is 29.5 Å². The van der Waals surface area contributed by atoms with Crippen LogP contribution in [-0.2, 0) is 19.3 Å². The molecule has 1 fully saturated rings. The van der Waals surface area contributed by atoms with E-state index < -0.39 is 0 Å². The number of rotatable bonds is 8. The molecule has 4 N–H and O–H groups in total. The second-order valence-corrected chi connectivity index (χ2v) is 10.1. The third-order valence-corrected chi connectivity index (χ3v) is 7.39. The fraction of sp³-hybridized carbons (Fsp3) is 0.281. The van der Waals surface area contributed by atoms with Gasteiger partial charge in [-0.2, -0.15) is 0 Å². The van der Waals surface area contributed by atoms with Crippen molar-refractivity contribution in [3.05, 3.63) is 120 Å². The molecule has 0 radical (unpaired) electrons. The van der Waals surface area contributed by atoms with Gasteiger partial charge in [0.1, 0.15) is 5.82 Å². The molecule has 0 bridgehead atoms. The van der Waals surface area contributed by atoms with Crippen molar-refractivity contribution in [3.63, 3.8) is 0 Å². The first-order chi connectivity index (χ1) is 17.6. The van der Waals surface area contributed by atoms with Crippen LogP contribution in [0.4, 0.5) is 5.82 Å². The summed E-state index contributed by atoms with van der Waals surface area (Å²) in [4.78, 5) is 7.20. The van der Waals surface area contributed by atoms with Crippen LogP contribution in [-0.4, -0.2) is 34.6 Å². The van der Waals surface area contributed by atoms with Crippen molar-refractivity contribution in [3.8, 4) is 11.3 Å². The SMILES string of the molecule is Nc1cccc(-c2ccc(CCN3C(Cc4ccccc4)CC(N)CC3Cc3ccccc3)cc2)n1. The summed E-state index contributed by atoms with van der Waals surface area (Å²) in [6, 6.07) is 37.4. The van der Waals surface area contributed by atoms with Crippen LogP contribution in [0.3, 0.4) is 0 Å². The second-order valence-electron chi connectivity index (χ2n) is 10.1. The van der Waals surface area contributed by atoms with Gasteiger partial charge in [0.25, 0.3) is 0 Å². The fourth-order valence-corrected chi connectivity index (χ4v) is 5.62. The lowest BCUT2D eigenvalue weighted by atomic mass is 9.85. The van der Waals surface area contributed by atoms with Gasteiger partial charge in [-0.15, -0.1) is 0 Å². The van der Waals surface area contributed by atoms with E-state index in [0.29, 0.717) is 17.9 Å². The van der Waals surface area contributed by atoms with Crippen LogP contribution >= 0.6 is 0 Å². The number of aromatic nitrogens is 1. The largest absolute Gasteiger partial charge is 0.384 e. The molecule has 3 aromatic carbocycles. The van der Waals surface area contributed by atoms with E-state index in [1.54, 1.807) is 0 Å². The maximum Gasteiger partial charge on any atom is 0.124 e. The molecule has 184 valence electrons. The zero-order valence-corrected chi connectivity index (χ0v) is 20.8. The lowest BCUT2D eigenvalue weighted by Crippen LogP contribution is -2.55. The van der Waals surface area contributed by atoms with Crippen LogP contribution in [0.5, 0.6) is 0 Å². The average molecular weight is 477 g/mol. The fourth-order valence-electron chi connectivity index (χ4n) is 5.62. The summed E-state index contributed by atoms with van der Waals surface area (Å²) < 4.78 is 0. The zero-order chi connectivity index (χ0) is 24.7. The van der Waals surface area contributed by atoms with Gasteiger partial charge >= 0.3 is 0 Å². The number of pyridine rings is 1. The van der Waals surface area contributed by atoms with Crippen molar-refractivity contribution in [2.75, 3.05) is 12.3 Å². The molecule has 1 saturated heterocycles. The van der Waals surface area contributed by atoms with Crippen molar-refractivity contribution in [1.82, 2.24) is 9.88 Å². The average Bonchev–Trinajstić information content (AvgIpc) is 2.90. The first kappa shape index (κ1) is 24.2. The number of nitrogen functional groups attached to an aromatic ring is 1. The van der Waals surface area contributed by atoms with Gasteiger partial charge in [0.15, 0.2) is 0 Å². The molecule has 1 aliphatic rings. The standard InChI is InChI=1S/C32H36N4/c33-28-22-29(20-25-8-3-1-4-9-25)36(30(23-28)21-26-10-5-2-6-11-26)19-18-24-14-16-27(17-15-24)31-12-7-13-32(34)35-31/h1-17,28-30H,18-23,33H2,(H2,34,35). The molecule has 2 atom stereocenters. The Morgan fingerprint density at radius 1 is 0.667 bits per heavy atom. The predicted molar refractivity (Wildman–Crippen MR) is 150 cm³/mol. The van der Waals surface area contributed by atoms with Crippen LogP contribution < -0.4 is 11.5 Å². The summed E-state index contributed by atoms with van der Waals surface area (Å²) in [5.74, 6) is 0.550. The number of hydrogen-bond acceptors (Lipinski definition) is 4. The molecule has 4 aromatic rings. The molecule has 4 heteroatoms. The number of hydrogen-bond donors (Lipinski definition) is 2. The molecule has 5 rings (SSSR count). The van der Waals surface area contributed by atoms with E-state index in [0.717, 1.165) is 49.9 Å². The lowest BCUT2D eigenvalue weighted by Gasteiger charge is -2.45. The molecule has 0 spiro atoms. The van der Waals surface area contributed by atoms with Crippen LogP contribution in [0.25, 0.3) is 11.3 Å². The molecule has 2 unspecified atom stereocenters. The number of likely N-dealkylation sites (tertiary alicyclic amines) is 1. The number of nitrogens with zero attached hydrogens (tertiary/aromatic N) is 2. The zero-order valence-electron chi connectivity index (χ0n) is 20.8. The minimum Gasteiger partial charge on any atom is -0.384 e. The number of benzene rings is 3. The lowest BCUT2D eigenvalue weighted by molar-refractivity contribution is 0.0730. The third-order valence-electron chi connectivity index (χ3n) is 7.39. The Labute approximate surface area is 215 Å². The smallest absolute Gasteiger partial charge is 0.124 e. The van der Waals surface area contributed by atoms with E-state index in [4.69, 9.17) is 11.5 Å². The Hall–Kier alpha value is -3.47. The predicted octanol–water partition coefficient (Wildman–Crippen LogP) is 5.52. The van der Waals surface area contributed by atoms with Crippen molar-refractivity contribution in [2.24, 2.45) is 5.73 Å². The van der Waals surface area contributed by atoms with E-state index in [-0.39, 0.29) is 6.04 Å². The van der Waals surface area contributed by atoms with Crippen molar-refractivity contribution >= 4 is 5.82 Å². The summed E-state index contributed by atoms with van der Waals surface area (Å²) in [5.41, 5.74) is 18.6. The quantitative estimate of drug-likeness (QED) is 0.351. The Bertz CT molecular complexity index is 1170. The normalized spacial score (nSPS) is 20.3. The maximum atomic E-state index is 6.63. The summed E-state index contributed by atoms with van der Waals surface area (Å²) in [5, 5.41) is 0. The highest BCUT2D eigenvalue weighted by Gasteiger charge is 2.34. The Morgan fingerprint density at radius 3 is 1.81 bits per heavy atom. The van der Waals surface area contributed by atoms with E-state index in [2.05, 4.69) is 94.8 Å². The molecule has 0 aliphatic carbocycles. The minimum atomic E-state index is 0.244. The van der Waals surface area contributed by atoms with E-state index in [1.807, 2.05) is 18.2 Å². The van der Waals surface area contributed by atoms with E-state index >= 15 is 0 Å². The van der Waals surface area contributed by atoms with Gasteiger partial charge in [-0.25, -0.2) is 4.98 Å². The van der Waals surface area contributed by atoms with Crippen LogP contribution in [0.15, 0.2) is 103 Å². The summed E-state index contributed by atoms with van der Waals surface area (Å²) in [7, 11) is 0. The molecule has 0 amide bonds. The summed E-state index contributed by atoms with van der Waals surface area (Å²) in [6.45, 7) is 1.03. The first-order valence-electron chi connectivity index (χ1n) is 13.0. The second kappa shape index (κ2) is 11.5. The molecular formula is C32H36N4. The van der Waals surface area contributed by atoms with Gasteiger partial charge in [-0.05, 0) is 60.9 Å². The summed E-state index contributed by atoms with van der Waals surface area (Å²) in [6.07, 6.45) is 5.18. The minimum absolute atomic E-state index is 0.244. The highest BCUT2D eigenvalue weighted by Crippen LogP contribution is 2.28. The van der Waals surface area contributed by atoms with Crippen molar-refractivity contribution < 1.29 is 0 Å².